The van der Waals surface area contributed by atoms with Crippen molar-refractivity contribution in [1.82, 2.24) is 15.1 Å². The molecular weight excluding hydrogens is 321 g/mol. The van der Waals surface area contributed by atoms with Crippen LogP contribution in [0.25, 0.3) is 0 Å². The average Bonchev–Trinajstić information content (AvgIpc) is 2.80. The van der Waals surface area contributed by atoms with Gasteiger partial charge in [-0.2, -0.15) is 0 Å². The van der Waals surface area contributed by atoms with Gasteiger partial charge in [0, 0.05) is 37.3 Å². The van der Waals surface area contributed by atoms with Crippen molar-refractivity contribution >= 4 is 11.8 Å². The van der Waals surface area contributed by atoms with Gasteiger partial charge in [-0.15, -0.1) is 0 Å². The summed E-state index contributed by atoms with van der Waals surface area (Å²) >= 11 is 0. The Hall–Kier alpha value is -1.95. The monoisotopic (exact) mass is 349 g/mol. The zero-order chi connectivity index (χ0) is 18.4. The molecular formula is C19H28FN3O2. The van der Waals surface area contributed by atoms with Gasteiger partial charge in [0.2, 0.25) is 5.91 Å². The van der Waals surface area contributed by atoms with Crippen LogP contribution in [0.1, 0.15) is 44.0 Å². The Morgan fingerprint density at radius 1 is 1.12 bits per heavy atom. The molecule has 0 aromatic heterocycles. The van der Waals surface area contributed by atoms with E-state index in [2.05, 4.69) is 10.2 Å². The zero-order valence-electron chi connectivity index (χ0n) is 15.3. The number of nitrogens with zero attached hydrogens (tertiary/aromatic N) is 2. The minimum absolute atomic E-state index is 0.0187. The molecule has 1 aromatic carbocycles. The second-order valence-electron chi connectivity index (χ2n) is 7.21. The molecule has 0 unspecified atom stereocenters. The predicted molar refractivity (Wildman–Crippen MR) is 95.9 cm³/mol. The van der Waals surface area contributed by atoms with Gasteiger partial charge in [0.15, 0.2) is 0 Å². The minimum atomic E-state index is -0.348. The highest BCUT2D eigenvalue weighted by Gasteiger charge is 2.23. The second-order valence-corrected chi connectivity index (χ2v) is 7.21. The van der Waals surface area contributed by atoms with Crippen molar-refractivity contribution in [2.24, 2.45) is 0 Å². The standard InChI is InChI=1S/C19H28FN3O2/c1-4-19(2,3)21-17(24)14-22-10-5-11-23(13-12-22)18(25)15-6-8-16(20)9-7-15/h6-9H,4-5,10-14H2,1-3H3,(H,21,24). The summed E-state index contributed by atoms with van der Waals surface area (Å²) in [7, 11) is 0. The SMILES string of the molecule is CCC(C)(C)NC(=O)CN1CCCN(C(=O)c2ccc(F)cc2)CC1. The van der Waals surface area contributed by atoms with Crippen LogP contribution < -0.4 is 5.32 Å². The van der Waals surface area contributed by atoms with Gasteiger partial charge in [-0.05, 0) is 51.0 Å². The van der Waals surface area contributed by atoms with E-state index in [9.17, 15) is 14.0 Å². The second kappa shape index (κ2) is 8.43. The molecule has 138 valence electrons. The third-order valence-electron chi connectivity index (χ3n) is 4.70. The lowest BCUT2D eigenvalue weighted by Gasteiger charge is -2.27. The van der Waals surface area contributed by atoms with E-state index < -0.39 is 0 Å². The molecule has 1 aromatic rings. The molecule has 0 spiro atoms. The zero-order valence-corrected chi connectivity index (χ0v) is 15.3. The topological polar surface area (TPSA) is 52.7 Å². The van der Waals surface area contributed by atoms with Crippen LogP contribution in [0.15, 0.2) is 24.3 Å². The summed E-state index contributed by atoms with van der Waals surface area (Å²) in [6.07, 6.45) is 1.69. The van der Waals surface area contributed by atoms with E-state index in [0.717, 1.165) is 19.4 Å². The normalized spacial score (nSPS) is 16.4. The first-order valence-corrected chi connectivity index (χ1v) is 8.89. The van der Waals surface area contributed by atoms with Crippen LogP contribution in [0.5, 0.6) is 0 Å². The number of carbonyl (C=O) groups is 2. The van der Waals surface area contributed by atoms with Gasteiger partial charge >= 0.3 is 0 Å². The Bertz CT molecular complexity index is 601. The summed E-state index contributed by atoms with van der Waals surface area (Å²) in [4.78, 5) is 28.6. The number of amides is 2. The average molecular weight is 349 g/mol. The van der Waals surface area contributed by atoms with Crippen LogP contribution in [0.4, 0.5) is 4.39 Å². The van der Waals surface area contributed by atoms with Gasteiger partial charge in [0.05, 0.1) is 6.54 Å². The van der Waals surface area contributed by atoms with Gasteiger partial charge in [-0.25, -0.2) is 4.39 Å². The van der Waals surface area contributed by atoms with Crippen molar-refractivity contribution in [3.8, 4) is 0 Å². The Labute approximate surface area is 149 Å². The fourth-order valence-corrected chi connectivity index (χ4v) is 2.82. The lowest BCUT2D eigenvalue weighted by molar-refractivity contribution is -0.123. The molecule has 6 heteroatoms. The molecule has 1 fully saturated rings. The van der Waals surface area contributed by atoms with E-state index >= 15 is 0 Å². The van der Waals surface area contributed by atoms with E-state index in [-0.39, 0.29) is 23.2 Å². The molecule has 1 saturated heterocycles. The fraction of sp³-hybridized carbons (Fsp3) is 0.579. The van der Waals surface area contributed by atoms with Gasteiger partial charge in [0.1, 0.15) is 5.82 Å². The predicted octanol–water partition coefficient (Wildman–Crippen LogP) is 2.28. The smallest absolute Gasteiger partial charge is 0.253 e. The summed E-state index contributed by atoms with van der Waals surface area (Å²) in [6, 6.07) is 5.63. The van der Waals surface area contributed by atoms with E-state index in [4.69, 9.17) is 0 Å². The molecule has 25 heavy (non-hydrogen) atoms. The molecule has 0 bridgehead atoms. The molecule has 0 atom stereocenters. The highest BCUT2D eigenvalue weighted by molar-refractivity contribution is 5.94. The van der Waals surface area contributed by atoms with E-state index in [1.54, 1.807) is 4.90 Å². The first-order valence-electron chi connectivity index (χ1n) is 8.89. The largest absolute Gasteiger partial charge is 0.350 e. The summed E-state index contributed by atoms with van der Waals surface area (Å²) in [5, 5.41) is 3.04. The number of rotatable bonds is 5. The van der Waals surface area contributed by atoms with Crippen molar-refractivity contribution in [2.75, 3.05) is 32.7 Å². The molecule has 0 aliphatic carbocycles. The third-order valence-corrected chi connectivity index (χ3v) is 4.70. The summed E-state index contributed by atoms with van der Waals surface area (Å²) in [5.41, 5.74) is 0.297. The fourth-order valence-electron chi connectivity index (χ4n) is 2.82. The van der Waals surface area contributed by atoms with Crippen LogP contribution in [-0.2, 0) is 4.79 Å². The number of benzene rings is 1. The summed E-state index contributed by atoms with van der Waals surface area (Å²) in [6.45, 7) is 9.08. The van der Waals surface area contributed by atoms with Crippen molar-refractivity contribution in [3.05, 3.63) is 35.6 Å². The number of hydrogen-bond acceptors (Lipinski definition) is 3. The van der Waals surface area contributed by atoms with Crippen LogP contribution in [0.2, 0.25) is 0 Å². The van der Waals surface area contributed by atoms with Gasteiger partial charge in [-0.3, -0.25) is 14.5 Å². The molecule has 1 aliphatic rings. The maximum Gasteiger partial charge on any atom is 0.253 e. The first-order chi connectivity index (χ1) is 11.8. The van der Waals surface area contributed by atoms with Crippen molar-refractivity contribution < 1.29 is 14.0 Å². The Morgan fingerprint density at radius 2 is 1.80 bits per heavy atom. The van der Waals surface area contributed by atoms with Gasteiger partial charge in [-0.1, -0.05) is 6.92 Å². The van der Waals surface area contributed by atoms with Crippen LogP contribution >= 0.6 is 0 Å². The number of carbonyl (C=O) groups excluding carboxylic acids is 2. The Kier molecular flexibility index (Phi) is 6.53. The molecule has 5 nitrogen and oxygen atoms in total. The molecule has 2 rings (SSSR count). The number of nitrogens with one attached hydrogen (secondary N) is 1. The molecule has 0 radical (unpaired) electrons. The van der Waals surface area contributed by atoms with Crippen molar-refractivity contribution in [1.29, 1.82) is 0 Å². The third kappa shape index (κ3) is 5.81. The first kappa shape index (κ1) is 19.4. The van der Waals surface area contributed by atoms with Crippen LogP contribution in [0, 0.1) is 5.82 Å². The quantitative estimate of drug-likeness (QED) is 0.887. The van der Waals surface area contributed by atoms with Gasteiger partial charge in [0.25, 0.3) is 5.91 Å². The molecule has 1 aliphatic heterocycles. The lowest BCUT2D eigenvalue weighted by Crippen LogP contribution is -2.48. The van der Waals surface area contributed by atoms with E-state index in [1.807, 2.05) is 20.8 Å². The van der Waals surface area contributed by atoms with Crippen molar-refractivity contribution in [3.63, 3.8) is 0 Å². The minimum Gasteiger partial charge on any atom is -0.350 e. The van der Waals surface area contributed by atoms with Crippen LogP contribution in [-0.4, -0.2) is 59.9 Å². The number of halogens is 1. The highest BCUT2D eigenvalue weighted by atomic mass is 19.1. The van der Waals surface area contributed by atoms with E-state index in [0.29, 0.717) is 31.7 Å². The summed E-state index contributed by atoms with van der Waals surface area (Å²) in [5.74, 6) is -0.414. The molecule has 2 amide bonds. The van der Waals surface area contributed by atoms with E-state index in [1.165, 1.54) is 24.3 Å². The molecule has 0 saturated carbocycles. The maximum absolute atomic E-state index is 13.0. The highest BCUT2D eigenvalue weighted by Crippen LogP contribution is 2.11. The Morgan fingerprint density at radius 3 is 2.44 bits per heavy atom. The Balaban J connectivity index is 1.88. The molecule has 1 heterocycles. The van der Waals surface area contributed by atoms with Crippen LogP contribution in [0.3, 0.4) is 0 Å². The maximum atomic E-state index is 13.0. The summed E-state index contributed by atoms with van der Waals surface area (Å²) < 4.78 is 13.0. The number of hydrogen-bond donors (Lipinski definition) is 1. The lowest BCUT2D eigenvalue weighted by atomic mass is 10.0. The van der Waals surface area contributed by atoms with Gasteiger partial charge < -0.3 is 10.2 Å². The molecule has 1 N–H and O–H groups in total. The van der Waals surface area contributed by atoms with Crippen molar-refractivity contribution in [2.45, 2.75) is 39.2 Å².